The van der Waals surface area contributed by atoms with E-state index >= 15 is 0 Å². The third-order valence-electron chi connectivity index (χ3n) is 6.51. The summed E-state index contributed by atoms with van der Waals surface area (Å²) in [6, 6.07) is 21.3. The first-order valence-electron chi connectivity index (χ1n) is 12.6. The lowest BCUT2D eigenvalue weighted by Crippen LogP contribution is -2.49. The summed E-state index contributed by atoms with van der Waals surface area (Å²) in [5.74, 6) is 0.454. The van der Waals surface area contributed by atoms with Gasteiger partial charge in [0.1, 0.15) is 5.75 Å². The summed E-state index contributed by atoms with van der Waals surface area (Å²) in [5.41, 5.74) is 19.5. The van der Waals surface area contributed by atoms with E-state index in [9.17, 15) is 10.3 Å². The van der Waals surface area contributed by atoms with E-state index in [0.717, 1.165) is 11.1 Å². The topological polar surface area (TPSA) is 178 Å². The number of carbonyl (C=O) groups is 1. The maximum Gasteiger partial charge on any atom is 0.252 e. The molecule has 1 amide bonds. The molecule has 2 atom stereocenters. The van der Waals surface area contributed by atoms with Gasteiger partial charge in [0.15, 0.2) is 11.6 Å². The first-order valence-corrected chi connectivity index (χ1v) is 12.6. The van der Waals surface area contributed by atoms with Gasteiger partial charge in [-0.25, -0.2) is 4.99 Å². The standard InChI is InChI=1S/C28H28N8O4/c1-31-27(38)28(17-20-7-2-3-8-21(20)18-32-35-29)25(23-9-4-5-10-24(23)34-36-30)40-26(33-28)19-11-13-22(14-12-19)39-16-6-15-37/h2-5,7-14,25,37H,6,15-18H2,1H3,(H,31,38)/t25-,28-/m1/s1. The molecule has 0 bridgehead atoms. The van der Waals surface area contributed by atoms with Crippen LogP contribution in [0.3, 0.4) is 0 Å². The molecule has 40 heavy (non-hydrogen) atoms. The largest absolute Gasteiger partial charge is 0.494 e. The van der Waals surface area contributed by atoms with Crippen molar-refractivity contribution in [2.45, 2.75) is 31.0 Å². The molecule has 1 heterocycles. The van der Waals surface area contributed by atoms with E-state index in [0.29, 0.717) is 35.6 Å². The third kappa shape index (κ3) is 6.00. The first-order chi connectivity index (χ1) is 19.6. The Kier molecular flexibility index (Phi) is 9.22. The predicted octanol–water partition coefficient (Wildman–Crippen LogP) is 5.45. The van der Waals surface area contributed by atoms with Crippen LogP contribution < -0.4 is 10.1 Å². The summed E-state index contributed by atoms with van der Waals surface area (Å²) in [7, 11) is 1.53. The van der Waals surface area contributed by atoms with E-state index in [1.165, 1.54) is 7.05 Å². The van der Waals surface area contributed by atoms with Crippen LogP contribution in [0, 0.1) is 0 Å². The normalized spacial score (nSPS) is 17.6. The lowest BCUT2D eigenvalue weighted by molar-refractivity contribution is -0.128. The van der Waals surface area contributed by atoms with Gasteiger partial charge in [-0.15, -0.1) is 0 Å². The molecular formula is C28H28N8O4. The predicted molar refractivity (Wildman–Crippen MR) is 149 cm³/mol. The van der Waals surface area contributed by atoms with Crippen LogP contribution in [-0.2, 0) is 22.5 Å². The van der Waals surface area contributed by atoms with Gasteiger partial charge in [-0.1, -0.05) is 58.8 Å². The number of amides is 1. The molecule has 0 aromatic heterocycles. The lowest BCUT2D eigenvalue weighted by atomic mass is 9.80. The van der Waals surface area contributed by atoms with Crippen molar-refractivity contribution in [3.63, 3.8) is 0 Å². The number of ether oxygens (including phenoxy) is 2. The summed E-state index contributed by atoms with van der Waals surface area (Å²) < 4.78 is 12.1. The second kappa shape index (κ2) is 13.2. The van der Waals surface area contributed by atoms with Gasteiger partial charge < -0.3 is 19.9 Å². The Hall–Kier alpha value is -5.02. The van der Waals surface area contributed by atoms with Crippen LogP contribution in [0.15, 0.2) is 88.0 Å². The van der Waals surface area contributed by atoms with Crippen LogP contribution in [0.1, 0.15) is 34.8 Å². The molecule has 0 radical (unpaired) electrons. The summed E-state index contributed by atoms with van der Waals surface area (Å²) in [6.45, 7) is 0.515. The number of hydrogen-bond donors (Lipinski definition) is 2. The molecule has 3 aromatic rings. The molecule has 2 N–H and O–H groups in total. The Morgan fingerprint density at radius 3 is 2.50 bits per heavy atom. The summed E-state index contributed by atoms with van der Waals surface area (Å²) >= 11 is 0. The van der Waals surface area contributed by atoms with Crippen molar-refractivity contribution in [1.29, 1.82) is 0 Å². The van der Waals surface area contributed by atoms with Gasteiger partial charge in [-0.2, -0.15) is 0 Å². The lowest BCUT2D eigenvalue weighted by Gasteiger charge is -2.31. The number of aliphatic hydroxyl groups is 1. The molecular weight excluding hydrogens is 512 g/mol. The molecule has 0 saturated heterocycles. The molecule has 204 valence electrons. The van der Waals surface area contributed by atoms with Gasteiger partial charge in [0, 0.05) is 53.1 Å². The van der Waals surface area contributed by atoms with E-state index in [-0.39, 0.29) is 25.5 Å². The van der Waals surface area contributed by atoms with Crippen LogP contribution >= 0.6 is 0 Å². The van der Waals surface area contributed by atoms with Gasteiger partial charge in [0.25, 0.3) is 5.91 Å². The van der Waals surface area contributed by atoms with Gasteiger partial charge in [-0.05, 0) is 46.5 Å². The number of hydrogen-bond acceptors (Lipinski definition) is 7. The van der Waals surface area contributed by atoms with Crippen LogP contribution in [-0.4, -0.2) is 42.7 Å². The second-order valence-electron chi connectivity index (χ2n) is 8.95. The molecule has 3 aromatic carbocycles. The SMILES string of the molecule is CNC(=O)[C@]1(Cc2ccccc2CN=[N+]=[N-])N=C(c2ccc(OCCCO)cc2)O[C@@H]1c1ccccc1N=[N+]=[N-]. The van der Waals surface area contributed by atoms with Crippen molar-refractivity contribution in [3.8, 4) is 5.75 Å². The van der Waals surface area contributed by atoms with Crippen molar-refractivity contribution in [2.24, 2.45) is 15.2 Å². The van der Waals surface area contributed by atoms with Gasteiger partial charge in [-0.3, -0.25) is 4.79 Å². The Bertz CT molecular complexity index is 1480. The third-order valence-corrected chi connectivity index (χ3v) is 6.51. The zero-order chi connectivity index (χ0) is 28.4. The minimum absolute atomic E-state index is 0.0367. The van der Waals surface area contributed by atoms with Crippen molar-refractivity contribution in [2.75, 3.05) is 20.3 Å². The molecule has 0 aliphatic carbocycles. The van der Waals surface area contributed by atoms with Gasteiger partial charge in [0.2, 0.25) is 5.90 Å². The molecule has 4 rings (SSSR count). The Balaban J connectivity index is 1.84. The van der Waals surface area contributed by atoms with E-state index in [1.807, 2.05) is 24.3 Å². The molecule has 0 unspecified atom stereocenters. The molecule has 1 aliphatic heterocycles. The number of nitrogens with zero attached hydrogens (tertiary/aromatic N) is 7. The minimum atomic E-state index is -1.49. The number of azide groups is 2. The van der Waals surface area contributed by atoms with Crippen molar-refractivity contribution >= 4 is 17.5 Å². The first kappa shape index (κ1) is 28.0. The number of likely N-dealkylation sites (N-methyl/N-ethyl adjacent to an activating group) is 1. The number of rotatable bonds is 12. The number of nitrogens with one attached hydrogen (secondary N) is 1. The highest BCUT2D eigenvalue weighted by atomic mass is 16.5. The van der Waals surface area contributed by atoms with Crippen molar-refractivity contribution in [3.05, 3.63) is 116 Å². The van der Waals surface area contributed by atoms with Crippen LogP contribution in [0.2, 0.25) is 0 Å². The summed E-state index contributed by atoms with van der Waals surface area (Å²) in [6.07, 6.45) is -0.318. The van der Waals surface area contributed by atoms with E-state index in [1.54, 1.807) is 48.5 Å². The zero-order valence-corrected chi connectivity index (χ0v) is 21.8. The fourth-order valence-electron chi connectivity index (χ4n) is 4.61. The molecule has 1 aliphatic rings. The maximum atomic E-state index is 13.8. The van der Waals surface area contributed by atoms with Crippen molar-refractivity contribution < 1.29 is 19.4 Å². The second-order valence-corrected chi connectivity index (χ2v) is 8.95. The Morgan fingerprint density at radius 2 is 1.80 bits per heavy atom. The van der Waals surface area contributed by atoms with Gasteiger partial charge >= 0.3 is 0 Å². The highest BCUT2D eigenvalue weighted by Gasteiger charge is 2.53. The Morgan fingerprint density at radius 1 is 1.07 bits per heavy atom. The maximum absolute atomic E-state index is 13.8. The highest BCUT2D eigenvalue weighted by molar-refractivity contribution is 6.01. The number of aliphatic hydroxyl groups excluding tert-OH is 1. The fourth-order valence-corrected chi connectivity index (χ4v) is 4.61. The Labute approximate surface area is 230 Å². The molecule has 0 fully saturated rings. The van der Waals surface area contributed by atoms with E-state index < -0.39 is 17.6 Å². The quantitative estimate of drug-likeness (QED) is 0.134. The molecule has 12 heteroatoms. The zero-order valence-electron chi connectivity index (χ0n) is 21.8. The number of benzene rings is 3. The highest BCUT2D eigenvalue weighted by Crippen LogP contribution is 2.45. The minimum Gasteiger partial charge on any atom is -0.494 e. The number of aliphatic imine (C=N–C) groups is 1. The molecule has 0 spiro atoms. The average Bonchev–Trinajstić information content (AvgIpc) is 3.37. The van der Waals surface area contributed by atoms with Crippen LogP contribution in [0.4, 0.5) is 5.69 Å². The number of carbonyl (C=O) groups excluding carboxylic acids is 1. The van der Waals surface area contributed by atoms with E-state index in [4.69, 9.17) is 25.1 Å². The summed E-state index contributed by atoms with van der Waals surface area (Å²) in [4.78, 5) is 24.5. The smallest absolute Gasteiger partial charge is 0.252 e. The molecule has 0 saturated carbocycles. The van der Waals surface area contributed by atoms with Gasteiger partial charge in [0.05, 0.1) is 13.2 Å². The monoisotopic (exact) mass is 540 g/mol. The van der Waals surface area contributed by atoms with E-state index in [2.05, 4.69) is 25.4 Å². The molecule has 12 nitrogen and oxygen atoms in total. The fraction of sp³-hybridized carbons (Fsp3) is 0.286. The van der Waals surface area contributed by atoms with Crippen LogP contribution in [0.25, 0.3) is 20.9 Å². The summed E-state index contributed by atoms with van der Waals surface area (Å²) in [5, 5.41) is 19.3. The average molecular weight is 541 g/mol. The van der Waals surface area contributed by atoms with Crippen molar-refractivity contribution in [1.82, 2.24) is 5.32 Å². The van der Waals surface area contributed by atoms with Crippen LogP contribution in [0.5, 0.6) is 5.75 Å².